The SMILES string of the molecule is COc1cccc(OC(C)C)c1N. The topological polar surface area (TPSA) is 44.5 Å². The van der Waals surface area contributed by atoms with Gasteiger partial charge in [-0.3, -0.25) is 0 Å². The highest BCUT2D eigenvalue weighted by molar-refractivity contribution is 5.62. The van der Waals surface area contributed by atoms with Crippen LogP contribution in [0, 0.1) is 0 Å². The van der Waals surface area contributed by atoms with E-state index in [1.54, 1.807) is 7.11 Å². The number of para-hydroxylation sites is 1. The van der Waals surface area contributed by atoms with Gasteiger partial charge in [-0.05, 0) is 26.0 Å². The summed E-state index contributed by atoms with van der Waals surface area (Å²) in [6, 6.07) is 5.49. The smallest absolute Gasteiger partial charge is 0.146 e. The van der Waals surface area contributed by atoms with Crippen molar-refractivity contribution in [3.05, 3.63) is 18.2 Å². The summed E-state index contributed by atoms with van der Waals surface area (Å²) in [5, 5.41) is 0. The average Bonchev–Trinajstić information content (AvgIpc) is 2.08. The first-order valence-corrected chi connectivity index (χ1v) is 4.24. The van der Waals surface area contributed by atoms with Gasteiger partial charge in [-0.25, -0.2) is 0 Å². The minimum atomic E-state index is 0.120. The average molecular weight is 181 g/mol. The van der Waals surface area contributed by atoms with Crippen LogP contribution in [0.1, 0.15) is 13.8 Å². The van der Waals surface area contributed by atoms with E-state index in [1.165, 1.54) is 0 Å². The fourth-order valence-electron chi connectivity index (χ4n) is 1.06. The molecule has 0 unspecified atom stereocenters. The number of ether oxygens (including phenoxy) is 2. The van der Waals surface area contributed by atoms with Crippen LogP contribution in [0.25, 0.3) is 0 Å². The molecule has 0 aliphatic rings. The van der Waals surface area contributed by atoms with E-state index in [2.05, 4.69) is 0 Å². The van der Waals surface area contributed by atoms with Crippen LogP contribution in [-0.4, -0.2) is 13.2 Å². The van der Waals surface area contributed by atoms with Crippen LogP contribution < -0.4 is 15.2 Å². The number of nitrogen functional groups attached to an aromatic ring is 1. The van der Waals surface area contributed by atoms with Crippen molar-refractivity contribution < 1.29 is 9.47 Å². The van der Waals surface area contributed by atoms with Crippen LogP contribution >= 0.6 is 0 Å². The number of nitrogens with two attached hydrogens (primary N) is 1. The molecule has 1 aromatic rings. The molecule has 0 aromatic heterocycles. The predicted octanol–water partition coefficient (Wildman–Crippen LogP) is 2.06. The summed E-state index contributed by atoms with van der Waals surface area (Å²) >= 11 is 0. The van der Waals surface area contributed by atoms with Crippen molar-refractivity contribution in [1.82, 2.24) is 0 Å². The van der Waals surface area contributed by atoms with E-state index < -0.39 is 0 Å². The maximum Gasteiger partial charge on any atom is 0.146 e. The molecule has 0 atom stereocenters. The Morgan fingerprint density at radius 3 is 2.38 bits per heavy atom. The Morgan fingerprint density at radius 2 is 1.85 bits per heavy atom. The summed E-state index contributed by atoms with van der Waals surface area (Å²) in [5.41, 5.74) is 6.35. The maximum atomic E-state index is 5.79. The maximum absolute atomic E-state index is 5.79. The molecule has 72 valence electrons. The molecule has 0 heterocycles. The second-order valence-corrected chi connectivity index (χ2v) is 3.04. The lowest BCUT2D eigenvalue weighted by molar-refractivity contribution is 0.243. The predicted molar refractivity (Wildman–Crippen MR) is 53.2 cm³/mol. The molecule has 13 heavy (non-hydrogen) atoms. The Labute approximate surface area is 78.5 Å². The Morgan fingerprint density at radius 1 is 1.23 bits per heavy atom. The summed E-state index contributed by atoms with van der Waals surface area (Å²) in [6.45, 7) is 3.91. The molecule has 0 spiro atoms. The summed E-state index contributed by atoms with van der Waals surface area (Å²) in [4.78, 5) is 0. The molecule has 3 heteroatoms. The summed E-state index contributed by atoms with van der Waals surface area (Å²) in [7, 11) is 1.59. The molecule has 1 aromatic carbocycles. The summed E-state index contributed by atoms with van der Waals surface area (Å²) in [5.74, 6) is 1.33. The Bertz CT molecular complexity index is 284. The quantitative estimate of drug-likeness (QED) is 0.726. The van der Waals surface area contributed by atoms with Gasteiger partial charge in [0.25, 0.3) is 0 Å². The third kappa shape index (κ3) is 2.28. The number of methoxy groups -OCH3 is 1. The minimum absolute atomic E-state index is 0.120. The molecule has 0 aliphatic heterocycles. The van der Waals surface area contributed by atoms with Crippen molar-refractivity contribution in [2.24, 2.45) is 0 Å². The Hall–Kier alpha value is -1.38. The molecule has 0 amide bonds. The molecular weight excluding hydrogens is 166 g/mol. The number of rotatable bonds is 3. The van der Waals surface area contributed by atoms with Gasteiger partial charge >= 0.3 is 0 Å². The fourth-order valence-corrected chi connectivity index (χ4v) is 1.06. The van der Waals surface area contributed by atoms with Crippen molar-refractivity contribution in [3.8, 4) is 11.5 Å². The first-order valence-electron chi connectivity index (χ1n) is 4.24. The Kier molecular flexibility index (Phi) is 3.01. The normalized spacial score (nSPS) is 10.2. The van der Waals surface area contributed by atoms with Crippen LogP contribution in [0.15, 0.2) is 18.2 Å². The van der Waals surface area contributed by atoms with Crippen LogP contribution in [0.5, 0.6) is 11.5 Å². The standard InChI is InChI=1S/C10H15NO2/c1-7(2)13-9-6-4-5-8(12-3)10(9)11/h4-7H,11H2,1-3H3. The zero-order valence-corrected chi connectivity index (χ0v) is 8.20. The minimum Gasteiger partial charge on any atom is -0.494 e. The zero-order valence-electron chi connectivity index (χ0n) is 8.20. The van der Waals surface area contributed by atoms with Gasteiger partial charge in [-0.15, -0.1) is 0 Å². The van der Waals surface area contributed by atoms with Gasteiger partial charge in [0, 0.05) is 0 Å². The second kappa shape index (κ2) is 4.03. The van der Waals surface area contributed by atoms with Gasteiger partial charge in [0.05, 0.1) is 13.2 Å². The van der Waals surface area contributed by atoms with Crippen molar-refractivity contribution in [2.75, 3.05) is 12.8 Å². The highest BCUT2D eigenvalue weighted by Crippen LogP contribution is 2.31. The molecule has 0 saturated carbocycles. The van der Waals surface area contributed by atoms with Gasteiger partial charge in [0.15, 0.2) is 0 Å². The van der Waals surface area contributed by atoms with Gasteiger partial charge in [-0.1, -0.05) is 6.07 Å². The summed E-state index contributed by atoms with van der Waals surface area (Å²) < 4.78 is 10.5. The molecule has 3 nitrogen and oxygen atoms in total. The van der Waals surface area contributed by atoms with Crippen LogP contribution in [0.4, 0.5) is 5.69 Å². The molecule has 2 N–H and O–H groups in total. The first kappa shape index (κ1) is 9.71. The summed E-state index contributed by atoms with van der Waals surface area (Å²) in [6.07, 6.45) is 0.120. The van der Waals surface area contributed by atoms with E-state index in [0.717, 1.165) is 0 Å². The van der Waals surface area contributed by atoms with E-state index in [-0.39, 0.29) is 6.10 Å². The second-order valence-electron chi connectivity index (χ2n) is 3.04. The highest BCUT2D eigenvalue weighted by atomic mass is 16.5. The highest BCUT2D eigenvalue weighted by Gasteiger charge is 2.06. The van der Waals surface area contributed by atoms with Crippen molar-refractivity contribution in [2.45, 2.75) is 20.0 Å². The van der Waals surface area contributed by atoms with Gasteiger partial charge in [0.2, 0.25) is 0 Å². The molecule has 0 aliphatic carbocycles. The van der Waals surface area contributed by atoms with E-state index in [1.807, 2.05) is 32.0 Å². The molecule has 1 rings (SSSR count). The fraction of sp³-hybridized carbons (Fsp3) is 0.400. The first-order chi connectivity index (χ1) is 6.15. The van der Waals surface area contributed by atoms with Crippen LogP contribution in [-0.2, 0) is 0 Å². The number of hydrogen-bond donors (Lipinski definition) is 1. The van der Waals surface area contributed by atoms with Crippen molar-refractivity contribution >= 4 is 5.69 Å². The largest absolute Gasteiger partial charge is 0.494 e. The van der Waals surface area contributed by atoms with Crippen molar-refractivity contribution in [3.63, 3.8) is 0 Å². The number of anilines is 1. The van der Waals surface area contributed by atoms with E-state index in [4.69, 9.17) is 15.2 Å². The molecule has 0 bridgehead atoms. The Balaban J connectivity index is 2.94. The molecule has 0 fully saturated rings. The van der Waals surface area contributed by atoms with E-state index in [0.29, 0.717) is 17.2 Å². The molecule has 0 radical (unpaired) electrons. The van der Waals surface area contributed by atoms with Crippen molar-refractivity contribution in [1.29, 1.82) is 0 Å². The van der Waals surface area contributed by atoms with E-state index >= 15 is 0 Å². The lowest BCUT2D eigenvalue weighted by Gasteiger charge is -2.13. The molecular formula is C10H15NO2. The lowest BCUT2D eigenvalue weighted by Crippen LogP contribution is -2.07. The van der Waals surface area contributed by atoms with Crippen LogP contribution in [0.2, 0.25) is 0 Å². The van der Waals surface area contributed by atoms with Gasteiger partial charge in [-0.2, -0.15) is 0 Å². The number of hydrogen-bond acceptors (Lipinski definition) is 3. The lowest BCUT2D eigenvalue weighted by atomic mass is 10.2. The monoisotopic (exact) mass is 181 g/mol. The zero-order chi connectivity index (χ0) is 9.84. The molecule has 0 saturated heterocycles. The van der Waals surface area contributed by atoms with Gasteiger partial charge < -0.3 is 15.2 Å². The van der Waals surface area contributed by atoms with Gasteiger partial charge in [0.1, 0.15) is 17.2 Å². The number of benzene rings is 1. The van der Waals surface area contributed by atoms with Crippen LogP contribution in [0.3, 0.4) is 0 Å². The third-order valence-corrected chi connectivity index (χ3v) is 1.61. The van der Waals surface area contributed by atoms with E-state index in [9.17, 15) is 0 Å². The third-order valence-electron chi connectivity index (χ3n) is 1.61.